The fourth-order valence-corrected chi connectivity index (χ4v) is 2.89. The quantitative estimate of drug-likeness (QED) is 0.733. The Morgan fingerprint density at radius 1 is 1.07 bits per heavy atom. The number of amides is 2. The Balaban J connectivity index is 1.53. The predicted molar refractivity (Wildman–Crippen MR) is 110 cm³/mol. The molecular formula is C22H24N2O6. The SMILES string of the molecule is Cc1ccc(NC(=O)CN(C)C(=O)[C@@H](C)OC(=O)c2ccc3c(c2)OCCO3)cc1. The van der Waals surface area contributed by atoms with Gasteiger partial charge < -0.3 is 24.4 Å². The van der Waals surface area contributed by atoms with Gasteiger partial charge in [-0.1, -0.05) is 17.7 Å². The number of anilines is 1. The summed E-state index contributed by atoms with van der Waals surface area (Å²) in [7, 11) is 1.48. The molecule has 2 amide bonds. The summed E-state index contributed by atoms with van der Waals surface area (Å²) in [5.41, 5.74) is 1.97. The van der Waals surface area contributed by atoms with Crippen LogP contribution in [0.1, 0.15) is 22.8 Å². The number of carbonyl (C=O) groups excluding carboxylic acids is 3. The summed E-state index contributed by atoms with van der Waals surface area (Å²) in [5, 5.41) is 2.72. The first-order valence-electron chi connectivity index (χ1n) is 9.55. The van der Waals surface area contributed by atoms with Crippen LogP contribution in [0.3, 0.4) is 0 Å². The van der Waals surface area contributed by atoms with E-state index in [9.17, 15) is 14.4 Å². The van der Waals surface area contributed by atoms with Gasteiger partial charge in [0.25, 0.3) is 5.91 Å². The highest BCUT2D eigenvalue weighted by atomic mass is 16.6. The van der Waals surface area contributed by atoms with Crippen LogP contribution < -0.4 is 14.8 Å². The first-order chi connectivity index (χ1) is 14.3. The van der Waals surface area contributed by atoms with E-state index in [1.807, 2.05) is 19.1 Å². The summed E-state index contributed by atoms with van der Waals surface area (Å²) in [6.07, 6.45) is -1.05. The monoisotopic (exact) mass is 412 g/mol. The summed E-state index contributed by atoms with van der Waals surface area (Å²) in [5.74, 6) is -0.480. The van der Waals surface area contributed by atoms with Crippen molar-refractivity contribution in [3.63, 3.8) is 0 Å². The van der Waals surface area contributed by atoms with Gasteiger partial charge in [0.1, 0.15) is 13.2 Å². The van der Waals surface area contributed by atoms with Crippen LogP contribution in [0.15, 0.2) is 42.5 Å². The molecule has 0 bridgehead atoms. The van der Waals surface area contributed by atoms with Crippen LogP contribution in [0.5, 0.6) is 11.5 Å². The molecule has 30 heavy (non-hydrogen) atoms. The number of likely N-dealkylation sites (N-methyl/N-ethyl adjacent to an activating group) is 1. The van der Waals surface area contributed by atoms with Crippen molar-refractivity contribution in [3.05, 3.63) is 53.6 Å². The number of benzene rings is 2. The van der Waals surface area contributed by atoms with E-state index in [0.29, 0.717) is 30.4 Å². The van der Waals surface area contributed by atoms with Crippen molar-refractivity contribution in [2.24, 2.45) is 0 Å². The van der Waals surface area contributed by atoms with Gasteiger partial charge in [0.05, 0.1) is 12.1 Å². The van der Waals surface area contributed by atoms with Gasteiger partial charge in [-0.3, -0.25) is 9.59 Å². The number of carbonyl (C=O) groups is 3. The zero-order chi connectivity index (χ0) is 21.7. The number of nitrogens with zero attached hydrogens (tertiary/aromatic N) is 1. The molecule has 0 aromatic heterocycles. The third kappa shape index (κ3) is 5.28. The summed E-state index contributed by atoms with van der Waals surface area (Å²) in [4.78, 5) is 38.3. The van der Waals surface area contributed by atoms with Gasteiger partial charge in [-0.25, -0.2) is 4.79 Å². The summed E-state index contributed by atoms with van der Waals surface area (Å²) in [6.45, 7) is 4.10. The number of esters is 1. The molecule has 8 nitrogen and oxygen atoms in total. The minimum atomic E-state index is -1.05. The molecule has 0 aliphatic carbocycles. The number of fused-ring (bicyclic) bond motifs is 1. The minimum absolute atomic E-state index is 0.168. The third-order valence-corrected chi connectivity index (χ3v) is 4.50. The lowest BCUT2D eigenvalue weighted by atomic mass is 10.2. The lowest BCUT2D eigenvalue weighted by Crippen LogP contribution is -2.41. The van der Waals surface area contributed by atoms with Gasteiger partial charge in [0.15, 0.2) is 17.6 Å². The molecule has 0 unspecified atom stereocenters. The number of ether oxygens (including phenoxy) is 3. The molecule has 2 aromatic rings. The molecule has 1 aliphatic rings. The van der Waals surface area contributed by atoms with Crippen LogP contribution in [0, 0.1) is 6.92 Å². The molecule has 2 aromatic carbocycles. The van der Waals surface area contributed by atoms with E-state index in [1.54, 1.807) is 24.3 Å². The molecule has 1 atom stereocenters. The molecule has 1 heterocycles. The van der Waals surface area contributed by atoms with Gasteiger partial charge in [-0.05, 0) is 44.2 Å². The van der Waals surface area contributed by atoms with Crippen LogP contribution >= 0.6 is 0 Å². The van der Waals surface area contributed by atoms with E-state index in [-0.39, 0.29) is 18.0 Å². The molecule has 0 saturated carbocycles. The van der Waals surface area contributed by atoms with Crippen LogP contribution in [0.25, 0.3) is 0 Å². The molecule has 0 radical (unpaired) electrons. The van der Waals surface area contributed by atoms with Crippen molar-refractivity contribution in [3.8, 4) is 11.5 Å². The predicted octanol–water partition coefficient (Wildman–Crippen LogP) is 2.41. The average Bonchev–Trinajstić information content (AvgIpc) is 2.74. The van der Waals surface area contributed by atoms with Crippen LogP contribution in [-0.2, 0) is 14.3 Å². The van der Waals surface area contributed by atoms with Crippen molar-refractivity contribution < 1.29 is 28.6 Å². The standard InChI is InChI=1S/C22H24N2O6/c1-14-4-7-17(8-5-14)23-20(25)13-24(3)21(26)15(2)30-22(27)16-6-9-18-19(12-16)29-11-10-28-18/h4-9,12,15H,10-11,13H2,1-3H3,(H,23,25)/t15-/m1/s1. The maximum atomic E-state index is 12.5. The number of hydrogen-bond acceptors (Lipinski definition) is 6. The van der Waals surface area contributed by atoms with Gasteiger partial charge in [-0.15, -0.1) is 0 Å². The molecule has 1 aliphatic heterocycles. The number of hydrogen-bond donors (Lipinski definition) is 1. The molecule has 0 saturated heterocycles. The van der Waals surface area contributed by atoms with Crippen LogP contribution in [0.4, 0.5) is 5.69 Å². The Kier molecular flexibility index (Phi) is 6.56. The second-order valence-electron chi connectivity index (χ2n) is 7.01. The van der Waals surface area contributed by atoms with E-state index in [2.05, 4.69) is 5.32 Å². The number of aryl methyl sites for hydroxylation is 1. The van der Waals surface area contributed by atoms with Gasteiger partial charge in [0, 0.05) is 12.7 Å². The summed E-state index contributed by atoms with van der Waals surface area (Å²) in [6, 6.07) is 12.0. The van der Waals surface area contributed by atoms with Crippen molar-refractivity contribution in [1.29, 1.82) is 0 Å². The summed E-state index contributed by atoms with van der Waals surface area (Å²) < 4.78 is 16.1. The Hall–Kier alpha value is -3.55. The van der Waals surface area contributed by atoms with E-state index >= 15 is 0 Å². The highest BCUT2D eigenvalue weighted by Crippen LogP contribution is 2.31. The molecule has 158 valence electrons. The smallest absolute Gasteiger partial charge is 0.339 e. The van der Waals surface area contributed by atoms with Crippen LogP contribution in [0.2, 0.25) is 0 Å². The fraction of sp³-hybridized carbons (Fsp3) is 0.318. The zero-order valence-corrected chi connectivity index (χ0v) is 17.1. The molecular weight excluding hydrogens is 388 g/mol. The fourth-order valence-electron chi connectivity index (χ4n) is 2.89. The van der Waals surface area contributed by atoms with E-state index in [0.717, 1.165) is 5.56 Å². The van der Waals surface area contributed by atoms with E-state index in [4.69, 9.17) is 14.2 Å². The Morgan fingerprint density at radius 3 is 2.43 bits per heavy atom. The van der Waals surface area contributed by atoms with E-state index < -0.39 is 18.0 Å². The second-order valence-corrected chi connectivity index (χ2v) is 7.01. The van der Waals surface area contributed by atoms with Crippen molar-refractivity contribution in [2.45, 2.75) is 20.0 Å². The first kappa shape index (κ1) is 21.2. The third-order valence-electron chi connectivity index (χ3n) is 4.50. The molecule has 0 spiro atoms. The molecule has 3 rings (SSSR count). The van der Waals surface area contributed by atoms with E-state index in [1.165, 1.54) is 24.9 Å². The maximum absolute atomic E-state index is 12.5. The Morgan fingerprint density at radius 2 is 1.73 bits per heavy atom. The van der Waals surface area contributed by atoms with Gasteiger partial charge in [-0.2, -0.15) is 0 Å². The van der Waals surface area contributed by atoms with Crippen molar-refractivity contribution >= 4 is 23.5 Å². The molecule has 1 N–H and O–H groups in total. The van der Waals surface area contributed by atoms with Crippen molar-refractivity contribution in [2.75, 3.05) is 32.1 Å². The topological polar surface area (TPSA) is 94.2 Å². The first-order valence-corrected chi connectivity index (χ1v) is 9.55. The molecule has 0 fully saturated rings. The highest BCUT2D eigenvalue weighted by molar-refractivity contribution is 5.96. The maximum Gasteiger partial charge on any atom is 0.339 e. The number of rotatable bonds is 6. The number of nitrogens with one attached hydrogen (secondary N) is 1. The summed E-state index contributed by atoms with van der Waals surface area (Å²) >= 11 is 0. The highest BCUT2D eigenvalue weighted by Gasteiger charge is 2.24. The lowest BCUT2D eigenvalue weighted by Gasteiger charge is -2.22. The largest absolute Gasteiger partial charge is 0.486 e. The minimum Gasteiger partial charge on any atom is -0.486 e. The van der Waals surface area contributed by atoms with Crippen molar-refractivity contribution in [1.82, 2.24) is 4.90 Å². The average molecular weight is 412 g/mol. The van der Waals surface area contributed by atoms with Gasteiger partial charge in [0.2, 0.25) is 5.91 Å². The Bertz CT molecular complexity index is 941. The van der Waals surface area contributed by atoms with Crippen LogP contribution in [-0.4, -0.2) is 55.6 Å². The zero-order valence-electron chi connectivity index (χ0n) is 17.1. The van der Waals surface area contributed by atoms with Gasteiger partial charge >= 0.3 is 5.97 Å². The molecule has 8 heteroatoms. The lowest BCUT2D eigenvalue weighted by molar-refractivity contribution is -0.140. The Labute approximate surface area is 174 Å². The normalized spacial score (nSPS) is 13.2. The second kappa shape index (κ2) is 9.30.